The number of benzene rings is 2. The van der Waals surface area contributed by atoms with Crippen molar-refractivity contribution in [2.24, 2.45) is 5.41 Å². The van der Waals surface area contributed by atoms with Gasteiger partial charge in [0.2, 0.25) is 0 Å². The minimum atomic E-state index is 0.635. The second-order valence-electron chi connectivity index (χ2n) is 8.50. The highest BCUT2D eigenvalue weighted by atomic mass is 32.2. The van der Waals surface area contributed by atoms with Crippen LogP contribution in [0.1, 0.15) is 12.0 Å². The summed E-state index contributed by atoms with van der Waals surface area (Å²) in [5.74, 6) is 7.39. The van der Waals surface area contributed by atoms with E-state index >= 15 is 0 Å². The number of aromatic nitrogens is 2. The normalized spacial score (nSPS) is 16.8. The average Bonchev–Trinajstić information content (AvgIpc) is 2.76. The van der Waals surface area contributed by atoms with Crippen LogP contribution in [0.3, 0.4) is 0 Å². The van der Waals surface area contributed by atoms with Crippen molar-refractivity contribution in [1.29, 1.82) is 0 Å². The molecule has 0 atom stereocenters. The molecule has 0 aliphatic carbocycles. The van der Waals surface area contributed by atoms with E-state index < -0.39 is 0 Å². The van der Waals surface area contributed by atoms with Crippen molar-refractivity contribution in [2.45, 2.75) is 6.42 Å². The lowest BCUT2D eigenvalue weighted by Gasteiger charge is -2.55. The maximum Gasteiger partial charge on any atom is 0.162 e. The van der Waals surface area contributed by atoms with E-state index in [4.69, 9.17) is 15.9 Å². The largest absolute Gasteiger partial charge is 0.493 e. The standard InChI is InChI=1S/C25H26N4O2S/c1-3-18-6-4-7-19(10-18)28-24-20-11-23(22(30-2)12-21(20)26-17-27-24)31-9-5-8-29-13-25(14-29)15-32-16-25/h1,4,6-7,10-12,17H,5,8-9,13-16H2,2H3,(H,26,27,28). The van der Waals surface area contributed by atoms with Crippen LogP contribution < -0.4 is 14.8 Å². The molecule has 2 aliphatic rings. The molecule has 164 valence electrons. The molecule has 2 saturated heterocycles. The molecule has 0 saturated carbocycles. The van der Waals surface area contributed by atoms with Crippen LogP contribution in [0.4, 0.5) is 11.5 Å². The highest BCUT2D eigenvalue weighted by molar-refractivity contribution is 8.00. The van der Waals surface area contributed by atoms with E-state index in [-0.39, 0.29) is 0 Å². The number of ether oxygens (including phenoxy) is 2. The van der Waals surface area contributed by atoms with Gasteiger partial charge in [0.1, 0.15) is 12.1 Å². The summed E-state index contributed by atoms with van der Waals surface area (Å²) in [6.45, 7) is 4.20. The van der Waals surface area contributed by atoms with Crippen LogP contribution in [-0.4, -0.2) is 59.7 Å². The third-order valence-corrected chi connectivity index (χ3v) is 7.66. The topological polar surface area (TPSA) is 59.5 Å². The molecule has 0 bridgehead atoms. The van der Waals surface area contributed by atoms with Gasteiger partial charge in [-0.05, 0) is 30.7 Å². The molecule has 1 aromatic heterocycles. The van der Waals surface area contributed by atoms with Gasteiger partial charge in [-0.1, -0.05) is 12.0 Å². The zero-order chi connectivity index (χ0) is 22.0. The van der Waals surface area contributed by atoms with Gasteiger partial charge in [0.25, 0.3) is 0 Å². The van der Waals surface area contributed by atoms with Gasteiger partial charge in [0.05, 0.1) is 19.2 Å². The van der Waals surface area contributed by atoms with Gasteiger partial charge in [-0.15, -0.1) is 6.42 Å². The molecule has 3 aromatic rings. The third kappa shape index (κ3) is 4.21. The number of nitrogens with zero attached hydrogens (tertiary/aromatic N) is 3. The highest BCUT2D eigenvalue weighted by Crippen LogP contribution is 2.45. The molecule has 6 nitrogen and oxygen atoms in total. The summed E-state index contributed by atoms with van der Waals surface area (Å²) in [5.41, 5.74) is 3.10. The number of fused-ring (bicyclic) bond motifs is 1. The monoisotopic (exact) mass is 446 g/mol. The van der Waals surface area contributed by atoms with Crippen LogP contribution in [0.5, 0.6) is 11.5 Å². The molecule has 2 aliphatic heterocycles. The number of hydrogen-bond donors (Lipinski definition) is 1. The smallest absolute Gasteiger partial charge is 0.162 e. The van der Waals surface area contributed by atoms with Crippen LogP contribution in [0.25, 0.3) is 10.9 Å². The summed E-state index contributed by atoms with van der Waals surface area (Å²) in [6.07, 6.45) is 8.05. The Morgan fingerprint density at radius 1 is 1.19 bits per heavy atom. The van der Waals surface area contributed by atoms with Gasteiger partial charge in [-0.25, -0.2) is 9.97 Å². The zero-order valence-corrected chi connectivity index (χ0v) is 19.0. The maximum absolute atomic E-state index is 6.12. The van der Waals surface area contributed by atoms with Crippen molar-refractivity contribution in [3.8, 4) is 23.8 Å². The van der Waals surface area contributed by atoms with Gasteiger partial charge >= 0.3 is 0 Å². The lowest BCUT2D eigenvalue weighted by Crippen LogP contribution is -2.62. The molecule has 5 rings (SSSR count). The number of anilines is 2. The average molecular weight is 447 g/mol. The van der Waals surface area contributed by atoms with Crippen molar-refractivity contribution >= 4 is 34.2 Å². The fourth-order valence-corrected chi connectivity index (χ4v) is 5.51. The number of terminal acetylenes is 1. The molecule has 0 amide bonds. The predicted molar refractivity (Wildman–Crippen MR) is 130 cm³/mol. The lowest BCUT2D eigenvalue weighted by molar-refractivity contribution is 0.0264. The van der Waals surface area contributed by atoms with Crippen molar-refractivity contribution in [3.63, 3.8) is 0 Å². The van der Waals surface area contributed by atoms with E-state index in [1.54, 1.807) is 7.11 Å². The van der Waals surface area contributed by atoms with Crippen molar-refractivity contribution in [2.75, 3.05) is 50.2 Å². The highest BCUT2D eigenvalue weighted by Gasteiger charge is 2.47. The van der Waals surface area contributed by atoms with Crippen LogP contribution >= 0.6 is 11.8 Å². The van der Waals surface area contributed by atoms with Crippen molar-refractivity contribution in [1.82, 2.24) is 14.9 Å². The number of likely N-dealkylation sites (tertiary alicyclic amines) is 1. The first-order valence-corrected chi connectivity index (χ1v) is 11.9. The fourth-order valence-electron chi connectivity index (χ4n) is 4.36. The molecular weight excluding hydrogens is 420 g/mol. The summed E-state index contributed by atoms with van der Waals surface area (Å²) in [7, 11) is 1.65. The summed E-state index contributed by atoms with van der Waals surface area (Å²) >= 11 is 2.07. The molecule has 2 fully saturated rings. The van der Waals surface area contributed by atoms with Crippen LogP contribution in [0.2, 0.25) is 0 Å². The van der Waals surface area contributed by atoms with Crippen LogP contribution in [-0.2, 0) is 0 Å². The Morgan fingerprint density at radius 2 is 2.06 bits per heavy atom. The second kappa shape index (κ2) is 8.89. The fraction of sp³-hybridized carbons (Fsp3) is 0.360. The Bertz CT molecular complexity index is 1160. The van der Waals surface area contributed by atoms with E-state index in [2.05, 4.69) is 37.9 Å². The first kappa shape index (κ1) is 20.9. The Balaban J connectivity index is 1.28. The van der Waals surface area contributed by atoms with E-state index in [1.165, 1.54) is 30.9 Å². The zero-order valence-electron chi connectivity index (χ0n) is 18.1. The van der Waals surface area contributed by atoms with Crippen LogP contribution in [0.15, 0.2) is 42.7 Å². The van der Waals surface area contributed by atoms with E-state index in [1.807, 2.05) is 36.4 Å². The Morgan fingerprint density at radius 3 is 2.81 bits per heavy atom. The van der Waals surface area contributed by atoms with Gasteiger partial charge in [-0.2, -0.15) is 11.8 Å². The number of methoxy groups -OCH3 is 1. The van der Waals surface area contributed by atoms with Crippen LogP contribution in [0, 0.1) is 17.8 Å². The molecule has 3 heterocycles. The summed E-state index contributed by atoms with van der Waals surface area (Å²) in [4.78, 5) is 11.4. The summed E-state index contributed by atoms with van der Waals surface area (Å²) in [5, 5.41) is 4.21. The quantitative estimate of drug-likeness (QED) is 0.411. The third-order valence-electron chi connectivity index (χ3n) is 6.02. The molecule has 1 N–H and O–H groups in total. The molecule has 32 heavy (non-hydrogen) atoms. The SMILES string of the molecule is C#Cc1cccc(Nc2ncnc3cc(OC)c(OCCCN4CC5(CSC5)C4)cc23)c1. The number of hydrogen-bond acceptors (Lipinski definition) is 7. The molecule has 0 radical (unpaired) electrons. The first-order chi connectivity index (χ1) is 15.7. The molecule has 7 heteroatoms. The Labute approximate surface area is 192 Å². The minimum Gasteiger partial charge on any atom is -0.493 e. The van der Waals surface area contributed by atoms with Gasteiger partial charge in [-0.3, -0.25) is 0 Å². The first-order valence-electron chi connectivity index (χ1n) is 10.8. The summed E-state index contributed by atoms with van der Waals surface area (Å²) < 4.78 is 11.7. The van der Waals surface area contributed by atoms with Gasteiger partial charge in [0.15, 0.2) is 11.5 Å². The van der Waals surface area contributed by atoms with E-state index in [9.17, 15) is 0 Å². The summed E-state index contributed by atoms with van der Waals surface area (Å²) in [6, 6.07) is 11.5. The molecule has 1 spiro atoms. The van der Waals surface area contributed by atoms with Gasteiger partial charge < -0.3 is 19.7 Å². The minimum absolute atomic E-state index is 0.635. The van der Waals surface area contributed by atoms with Crippen molar-refractivity contribution < 1.29 is 9.47 Å². The lowest BCUT2D eigenvalue weighted by atomic mass is 9.83. The predicted octanol–water partition coefficient (Wildman–Crippen LogP) is 4.18. The van der Waals surface area contributed by atoms with Gasteiger partial charge in [0, 0.05) is 59.3 Å². The number of nitrogens with one attached hydrogen (secondary N) is 1. The number of rotatable bonds is 8. The Hall–Kier alpha value is -2.95. The molecule has 2 aromatic carbocycles. The maximum atomic E-state index is 6.12. The molecule has 0 unspecified atom stereocenters. The van der Waals surface area contributed by atoms with E-state index in [0.29, 0.717) is 29.3 Å². The Kier molecular flexibility index (Phi) is 5.81. The van der Waals surface area contributed by atoms with Crippen molar-refractivity contribution in [3.05, 3.63) is 48.3 Å². The second-order valence-corrected chi connectivity index (χ2v) is 9.48. The molecular formula is C25H26N4O2S. The number of thioether (sulfide) groups is 1. The van der Waals surface area contributed by atoms with E-state index in [0.717, 1.165) is 35.1 Å².